The Morgan fingerprint density at radius 1 is 1.14 bits per heavy atom. The Morgan fingerprint density at radius 3 is 2.27 bits per heavy atom. The van der Waals surface area contributed by atoms with E-state index in [0.717, 1.165) is 0 Å². The van der Waals surface area contributed by atoms with Gasteiger partial charge in [-0.3, -0.25) is 0 Å². The summed E-state index contributed by atoms with van der Waals surface area (Å²) in [5.74, 6) is 0.492. The summed E-state index contributed by atoms with van der Waals surface area (Å²) in [4.78, 5) is 11.8. The Hall–Kier alpha value is -0.770. The van der Waals surface area contributed by atoms with Crippen LogP contribution in [0, 0.1) is 11.3 Å². The quantitative estimate of drug-likeness (QED) is 0.822. The van der Waals surface area contributed by atoms with E-state index >= 15 is 0 Å². The molecule has 1 aliphatic rings. The first-order valence-electron chi connectivity index (χ1n) is 8.72. The summed E-state index contributed by atoms with van der Waals surface area (Å²) < 4.78 is 5.33. The van der Waals surface area contributed by atoms with Crippen LogP contribution in [0.25, 0.3) is 0 Å². The van der Waals surface area contributed by atoms with Gasteiger partial charge in [-0.15, -0.1) is 0 Å². The minimum atomic E-state index is -0.435. The number of carbonyl (C=O) groups excluding carboxylic acids is 1. The van der Waals surface area contributed by atoms with Crippen LogP contribution in [0.3, 0.4) is 0 Å². The maximum atomic E-state index is 11.8. The van der Waals surface area contributed by atoms with Crippen LogP contribution >= 0.6 is 0 Å². The second-order valence-corrected chi connectivity index (χ2v) is 8.79. The zero-order valence-electron chi connectivity index (χ0n) is 15.6. The third-order valence-corrected chi connectivity index (χ3v) is 4.58. The number of nitrogens with one attached hydrogen (secondary N) is 2. The van der Waals surface area contributed by atoms with Crippen LogP contribution < -0.4 is 10.6 Å². The zero-order chi connectivity index (χ0) is 17.0. The van der Waals surface area contributed by atoms with Gasteiger partial charge in [-0.2, -0.15) is 0 Å². The highest BCUT2D eigenvalue weighted by atomic mass is 16.6. The molecule has 3 atom stereocenters. The standard InChI is InChI=1S/C18H36N2O2/c1-13(17(2,3)4)20-15-11-9-8-10-14(15)12-19-16(21)22-18(5,6)7/h13-15,20H,8-12H2,1-7H3,(H,19,21). The minimum Gasteiger partial charge on any atom is -0.444 e. The van der Waals surface area contributed by atoms with Gasteiger partial charge in [0.05, 0.1) is 0 Å². The molecule has 1 aliphatic carbocycles. The van der Waals surface area contributed by atoms with Gasteiger partial charge in [0.2, 0.25) is 0 Å². The molecule has 1 fully saturated rings. The summed E-state index contributed by atoms with van der Waals surface area (Å²) in [5, 5.41) is 6.74. The van der Waals surface area contributed by atoms with Gasteiger partial charge in [-0.05, 0) is 51.9 Å². The van der Waals surface area contributed by atoms with Crippen LogP contribution in [-0.2, 0) is 4.74 Å². The summed E-state index contributed by atoms with van der Waals surface area (Å²) in [6.45, 7) is 15.4. The van der Waals surface area contributed by atoms with Crippen LogP contribution in [0.5, 0.6) is 0 Å². The maximum Gasteiger partial charge on any atom is 0.407 e. The molecule has 1 saturated carbocycles. The van der Waals surface area contributed by atoms with Crippen LogP contribution in [0.15, 0.2) is 0 Å². The van der Waals surface area contributed by atoms with Gasteiger partial charge >= 0.3 is 6.09 Å². The fraction of sp³-hybridized carbons (Fsp3) is 0.944. The summed E-state index contributed by atoms with van der Waals surface area (Å²) in [6, 6.07) is 0.942. The van der Waals surface area contributed by atoms with Gasteiger partial charge in [0.1, 0.15) is 5.60 Å². The fourth-order valence-electron chi connectivity index (χ4n) is 2.77. The van der Waals surface area contributed by atoms with Gasteiger partial charge in [0.15, 0.2) is 0 Å². The lowest BCUT2D eigenvalue weighted by atomic mass is 9.81. The Balaban J connectivity index is 2.50. The summed E-state index contributed by atoms with van der Waals surface area (Å²) >= 11 is 0. The number of rotatable bonds is 4. The largest absolute Gasteiger partial charge is 0.444 e. The monoisotopic (exact) mass is 312 g/mol. The highest BCUT2D eigenvalue weighted by Crippen LogP contribution is 2.27. The second kappa shape index (κ2) is 7.67. The molecule has 0 heterocycles. The van der Waals surface area contributed by atoms with E-state index in [0.29, 0.717) is 24.5 Å². The third-order valence-electron chi connectivity index (χ3n) is 4.58. The SMILES string of the molecule is CC(NC1CCCCC1CNC(=O)OC(C)(C)C)C(C)(C)C. The molecule has 22 heavy (non-hydrogen) atoms. The van der Waals surface area contributed by atoms with E-state index in [4.69, 9.17) is 4.74 Å². The molecule has 130 valence electrons. The molecule has 2 N–H and O–H groups in total. The number of hydrogen-bond acceptors (Lipinski definition) is 3. The van der Waals surface area contributed by atoms with Crippen LogP contribution in [0.1, 0.15) is 74.1 Å². The van der Waals surface area contributed by atoms with Gasteiger partial charge in [0, 0.05) is 18.6 Å². The van der Waals surface area contributed by atoms with Crippen molar-refractivity contribution < 1.29 is 9.53 Å². The smallest absolute Gasteiger partial charge is 0.407 e. The van der Waals surface area contributed by atoms with Crippen LogP contribution in [-0.4, -0.2) is 30.3 Å². The molecule has 0 aromatic carbocycles. The first-order valence-corrected chi connectivity index (χ1v) is 8.72. The average Bonchev–Trinajstić information content (AvgIpc) is 2.34. The lowest BCUT2D eigenvalue weighted by Crippen LogP contribution is -2.50. The van der Waals surface area contributed by atoms with E-state index in [-0.39, 0.29) is 11.5 Å². The topological polar surface area (TPSA) is 50.4 Å². The highest BCUT2D eigenvalue weighted by molar-refractivity contribution is 5.67. The normalized spacial score (nSPS) is 24.7. The number of alkyl carbamates (subject to hydrolysis) is 1. The Morgan fingerprint density at radius 2 is 1.73 bits per heavy atom. The fourth-order valence-corrected chi connectivity index (χ4v) is 2.77. The molecular formula is C18H36N2O2. The number of hydrogen-bond donors (Lipinski definition) is 2. The lowest BCUT2D eigenvalue weighted by Gasteiger charge is -2.38. The summed E-state index contributed by atoms with van der Waals surface area (Å²) in [5.41, 5.74) is -0.185. The van der Waals surface area contributed by atoms with Crippen molar-refractivity contribution in [1.82, 2.24) is 10.6 Å². The molecule has 1 amide bonds. The molecule has 0 spiro atoms. The Labute approximate surface area is 136 Å². The number of ether oxygens (including phenoxy) is 1. The van der Waals surface area contributed by atoms with Crippen molar-refractivity contribution in [2.75, 3.05) is 6.54 Å². The van der Waals surface area contributed by atoms with E-state index in [9.17, 15) is 4.79 Å². The molecule has 1 rings (SSSR count). The maximum absolute atomic E-state index is 11.8. The Bertz CT molecular complexity index is 355. The molecule has 3 unspecified atom stereocenters. The summed E-state index contributed by atoms with van der Waals surface area (Å²) in [7, 11) is 0. The van der Waals surface area contributed by atoms with E-state index in [1.54, 1.807) is 0 Å². The predicted molar refractivity (Wildman–Crippen MR) is 92.0 cm³/mol. The molecule has 4 heteroatoms. The average molecular weight is 312 g/mol. The lowest BCUT2D eigenvalue weighted by molar-refractivity contribution is 0.0508. The van der Waals surface area contributed by atoms with Gasteiger partial charge in [-0.1, -0.05) is 33.6 Å². The molecule has 0 saturated heterocycles. The van der Waals surface area contributed by atoms with Crippen molar-refractivity contribution in [3.8, 4) is 0 Å². The molecule has 4 nitrogen and oxygen atoms in total. The van der Waals surface area contributed by atoms with Crippen LogP contribution in [0.2, 0.25) is 0 Å². The Kier molecular flexibility index (Phi) is 6.72. The first-order chi connectivity index (χ1) is 9.99. The van der Waals surface area contributed by atoms with Crippen molar-refractivity contribution in [2.45, 2.75) is 91.8 Å². The minimum absolute atomic E-state index is 0.251. The molecular weight excluding hydrogens is 276 g/mol. The second-order valence-electron chi connectivity index (χ2n) is 8.79. The van der Waals surface area contributed by atoms with Gasteiger partial charge in [-0.25, -0.2) is 4.79 Å². The molecule has 0 radical (unpaired) electrons. The van der Waals surface area contributed by atoms with Crippen molar-refractivity contribution in [2.24, 2.45) is 11.3 Å². The third kappa shape index (κ3) is 6.99. The van der Waals surface area contributed by atoms with E-state index in [1.807, 2.05) is 20.8 Å². The van der Waals surface area contributed by atoms with Crippen molar-refractivity contribution >= 4 is 6.09 Å². The highest BCUT2D eigenvalue weighted by Gasteiger charge is 2.30. The molecule has 0 aromatic heterocycles. The van der Waals surface area contributed by atoms with Gasteiger partial charge < -0.3 is 15.4 Å². The van der Waals surface area contributed by atoms with E-state index < -0.39 is 5.60 Å². The van der Waals surface area contributed by atoms with Gasteiger partial charge in [0.25, 0.3) is 0 Å². The van der Waals surface area contributed by atoms with E-state index in [2.05, 4.69) is 38.3 Å². The summed E-state index contributed by atoms with van der Waals surface area (Å²) in [6.07, 6.45) is 4.59. The molecule has 0 aromatic rings. The molecule has 0 aliphatic heterocycles. The number of amides is 1. The number of carbonyl (C=O) groups is 1. The first kappa shape index (κ1) is 19.3. The van der Waals surface area contributed by atoms with Crippen molar-refractivity contribution in [3.05, 3.63) is 0 Å². The molecule has 0 bridgehead atoms. The van der Waals surface area contributed by atoms with E-state index in [1.165, 1.54) is 25.7 Å². The van der Waals surface area contributed by atoms with Crippen molar-refractivity contribution in [3.63, 3.8) is 0 Å². The van der Waals surface area contributed by atoms with Crippen LogP contribution in [0.4, 0.5) is 4.79 Å². The van der Waals surface area contributed by atoms with Crippen molar-refractivity contribution in [1.29, 1.82) is 0 Å². The predicted octanol–water partition coefficient (Wildman–Crippen LogP) is 4.09. The zero-order valence-corrected chi connectivity index (χ0v) is 15.6.